The maximum Gasteiger partial charge on any atom is 0.435 e. The van der Waals surface area contributed by atoms with Gasteiger partial charge in [-0.3, -0.25) is 9.59 Å². The van der Waals surface area contributed by atoms with Crippen LogP contribution in [0.5, 0.6) is 0 Å². The monoisotopic (exact) mass is 460 g/mol. The number of fused-ring (bicyclic) bond motifs is 1. The van der Waals surface area contributed by atoms with E-state index in [1.54, 1.807) is 31.2 Å². The van der Waals surface area contributed by atoms with Crippen molar-refractivity contribution in [2.24, 2.45) is 0 Å². The molecule has 170 valence electrons. The third-order valence-corrected chi connectivity index (χ3v) is 4.88. The van der Waals surface area contributed by atoms with Crippen molar-refractivity contribution in [2.75, 3.05) is 6.54 Å². The number of nitrogens with one attached hydrogen (secondary N) is 1. The molecule has 1 N–H and O–H groups in total. The fourth-order valence-electron chi connectivity index (χ4n) is 3.31. The van der Waals surface area contributed by atoms with Crippen LogP contribution in [0.4, 0.5) is 17.6 Å². The summed E-state index contributed by atoms with van der Waals surface area (Å²) in [5.74, 6) is -1.58. The van der Waals surface area contributed by atoms with Gasteiger partial charge in [0.05, 0.1) is 23.1 Å². The molecule has 4 rings (SSSR count). The molecule has 0 aliphatic carbocycles. The van der Waals surface area contributed by atoms with Crippen LogP contribution in [0.25, 0.3) is 16.6 Å². The number of alkyl halides is 3. The molecule has 2 aromatic carbocycles. The molecule has 0 atom stereocenters. The Labute approximate surface area is 183 Å². The van der Waals surface area contributed by atoms with Gasteiger partial charge in [-0.1, -0.05) is 17.3 Å². The summed E-state index contributed by atoms with van der Waals surface area (Å²) < 4.78 is 55.3. The van der Waals surface area contributed by atoms with Gasteiger partial charge in [-0.2, -0.15) is 13.2 Å². The third-order valence-electron chi connectivity index (χ3n) is 4.88. The number of H-pyrrole nitrogens is 1. The molecule has 4 aromatic rings. The Morgan fingerprint density at radius 1 is 1.12 bits per heavy atom. The number of rotatable bonds is 5. The molecular weight excluding hydrogens is 444 g/mol. The number of carbonyl (C=O) groups is 1. The van der Waals surface area contributed by atoms with Crippen molar-refractivity contribution in [1.29, 1.82) is 0 Å². The first-order valence-electron chi connectivity index (χ1n) is 9.75. The molecular formula is C21H16F4N6O2. The molecule has 0 fully saturated rings. The van der Waals surface area contributed by atoms with Crippen molar-refractivity contribution in [2.45, 2.75) is 19.6 Å². The largest absolute Gasteiger partial charge is 0.435 e. The van der Waals surface area contributed by atoms with Crippen LogP contribution >= 0.6 is 0 Å². The quantitative estimate of drug-likeness (QED) is 0.461. The van der Waals surface area contributed by atoms with Crippen LogP contribution in [0, 0.1) is 5.82 Å². The Kier molecular flexibility index (Phi) is 5.66. The number of para-hydroxylation sites is 1. The molecule has 0 spiro atoms. The molecule has 0 unspecified atom stereocenters. The Hall–Kier alpha value is -4.09. The topological polar surface area (TPSA) is 96.8 Å². The highest BCUT2D eigenvalue weighted by Crippen LogP contribution is 2.33. The molecule has 2 heterocycles. The van der Waals surface area contributed by atoms with Gasteiger partial charge in [0.15, 0.2) is 11.4 Å². The van der Waals surface area contributed by atoms with Crippen molar-refractivity contribution < 1.29 is 22.4 Å². The number of benzene rings is 2. The van der Waals surface area contributed by atoms with Crippen LogP contribution in [0.3, 0.4) is 0 Å². The van der Waals surface area contributed by atoms with E-state index in [-0.39, 0.29) is 24.6 Å². The van der Waals surface area contributed by atoms with Gasteiger partial charge >= 0.3 is 6.18 Å². The highest BCUT2D eigenvalue weighted by molar-refractivity contribution is 5.93. The minimum atomic E-state index is -4.97. The second-order valence-corrected chi connectivity index (χ2v) is 7.02. The number of aromatic nitrogens is 5. The standard InChI is InChI=1S/C21H16F4N6O2/c1-2-30(11-16-26-15-6-4-3-5-14(15)19(32)27-16)20(33)17-18(21(23,24)25)31(29-28-17)13-9-7-12(22)8-10-13/h3-10H,2,11H2,1H3,(H,26,27,32). The van der Waals surface area contributed by atoms with Gasteiger partial charge in [0.1, 0.15) is 11.6 Å². The summed E-state index contributed by atoms with van der Waals surface area (Å²) in [6.07, 6.45) is -4.97. The van der Waals surface area contributed by atoms with Gasteiger partial charge in [0, 0.05) is 6.54 Å². The lowest BCUT2D eigenvalue weighted by Gasteiger charge is -2.20. The summed E-state index contributed by atoms with van der Waals surface area (Å²) in [5, 5.41) is 7.31. The predicted octanol–water partition coefficient (Wildman–Crippen LogP) is 3.32. The van der Waals surface area contributed by atoms with Gasteiger partial charge in [0.25, 0.3) is 11.5 Å². The van der Waals surface area contributed by atoms with Gasteiger partial charge in [-0.05, 0) is 43.3 Å². The molecule has 0 radical (unpaired) electrons. The molecule has 8 nitrogen and oxygen atoms in total. The molecule has 33 heavy (non-hydrogen) atoms. The second-order valence-electron chi connectivity index (χ2n) is 7.02. The number of amides is 1. The number of carbonyl (C=O) groups excluding carboxylic acids is 1. The van der Waals surface area contributed by atoms with Gasteiger partial charge < -0.3 is 9.88 Å². The van der Waals surface area contributed by atoms with E-state index in [0.29, 0.717) is 15.6 Å². The van der Waals surface area contributed by atoms with Crippen molar-refractivity contribution in [1.82, 2.24) is 29.9 Å². The number of hydrogen-bond acceptors (Lipinski definition) is 5. The summed E-state index contributed by atoms with van der Waals surface area (Å²) in [6, 6.07) is 10.7. The highest BCUT2D eigenvalue weighted by atomic mass is 19.4. The fraction of sp³-hybridized carbons (Fsp3) is 0.190. The van der Waals surface area contributed by atoms with E-state index in [0.717, 1.165) is 29.2 Å². The summed E-state index contributed by atoms with van der Waals surface area (Å²) >= 11 is 0. The van der Waals surface area contributed by atoms with E-state index in [9.17, 15) is 27.2 Å². The van der Waals surface area contributed by atoms with E-state index < -0.39 is 34.8 Å². The van der Waals surface area contributed by atoms with Crippen LogP contribution in [-0.4, -0.2) is 42.3 Å². The van der Waals surface area contributed by atoms with Crippen molar-refractivity contribution in [3.8, 4) is 5.69 Å². The summed E-state index contributed by atoms with van der Waals surface area (Å²) in [7, 11) is 0. The zero-order valence-corrected chi connectivity index (χ0v) is 17.1. The number of halogens is 4. The molecule has 2 aromatic heterocycles. The molecule has 0 saturated carbocycles. The lowest BCUT2D eigenvalue weighted by atomic mass is 10.2. The predicted molar refractivity (Wildman–Crippen MR) is 109 cm³/mol. The minimum absolute atomic E-state index is 0.01000. The Morgan fingerprint density at radius 2 is 1.82 bits per heavy atom. The summed E-state index contributed by atoms with van der Waals surface area (Å²) in [4.78, 5) is 33.2. The Morgan fingerprint density at radius 3 is 2.48 bits per heavy atom. The average molecular weight is 460 g/mol. The van der Waals surface area contributed by atoms with Crippen LogP contribution in [-0.2, 0) is 12.7 Å². The molecule has 12 heteroatoms. The van der Waals surface area contributed by atoms with Crippen molar-refractivity contribution in [3.63, 3.8) is 0 Å². The van der Waals surface area contributed by atoms with Gasteiger partial charge in [0.2, 0.25) is 0 Å². The first kappa shape index (κ1) is 22.1. The van der Waals surface area contributed by atoms with E-state index in [2.05, 4.69) is 20.3 Å². The lowest BCUT2D eigenvalue weighted by Crippen LogP contribution is -2.33. The zero-order valence-electron chi connectivity index (χ0n) is 17.1. The van der Waals surface area contributed by atoms with Crippen LogP contribution in [0.15, 0.2) is 53.3 Å². The van der Waals surface area contributed by atoms with Crippen molar-refractivity contribution in [3.05, 3.63) is 81.9 Å². The van der Waals surface area contributed by atoms with Crippen LogP contribution < -0.4 is 5.56 Å². The van der Waals surface area contributed by atoms with Gasteiger partial charge in [-0.15, -0.1) is 5.10 Å². The number of nitrogens with zero attached hydrogens (tertiary/aromatic N) is 5. The molecule has 0 saturated heterocycles. The number of aromatic amines is 1. The maximum absolute atomic E-state index is 13.9. The van der Waals surface area contributed by atoms with E-state index in [1.807, 2.05) is 0 Å². The first-order valence-corrected chi connectivity index (χ1v) is 9.75. The van der Waals surface area contributed by atoms with Crippen LogP contribution in [0.2, 0.25) is 0 Å². The minimum Gasteiger partial charge on any atom is -0.330 e. The Balaban J connectivity index is 1.72. The van der Waals surface area contributed by atoms with E-state index in [4.69, 9.17) is 0 Å². The van der Waals surface area contributed by atoms with E-state index in [1.165, 1.54) is 0 Å². The summed E-state index contributed by atoms with van der Waals surface area (Å²) in [6.45, 7) is 1.32. The fourth-order valence-corrected chi connectivity index (χ4v) is 3.31. The molecule has 1 amide bonds. The number of hydrogen-bond donors (Lipinski definition) is 1. The van der Waals surface area contributed by atoms with E-state index >= 15 is 0 Å². The molecule has 0 bridgehead atoms. The van der Waals surface area contributed by atoms with Gasteiger partial charge in [-0.25, -0.2) is 14.1 Å². The lowest BCUT2D eigenvalue weighted by molar-refractivity contribution is -0.143. The zero-order chi connectivity index (χ0) is 23.8. The maximum atomic E-state index is 13.9. The second kappa shape index (κ2) is 8.45. The SMILES string of the molecule is CCN(Cc1nc2ccccc2c(=O)[nH]1)C(=O)c1nnn(-c2ccc(F)cc2)c1C(F)(F)F. The summed E-state index contributed by atoms with van der Waals surface area (Å²) in [5.41, 5.74) is -2.47. The van der Waals surface area contributed by atoms with Crippen molar-refractivity contribution >= 4 is 16.8 Å². The highest BCUT2D eigenvalue weighted by Gasteiger charge is 2.42. The smallest absolute Gasteiger partial charge is 0.330 e. The average Bonchev–Trinajstić information content (AvgIpc) is 3.23. The third kappa shape index (κ3) is 4.31. The Bertz CT molecular complexity index is 1380. The van der Waals surface area contributed by atoms with Crippen LogP contribution in [0.1, 0.15) is 28.9 Å². The molecule has 0 aliphatic rings. The first-order chi connectivity index (χ1) is 15.7. The normalized spacial score (nSPS) is 11.7. The molecule has 0 aliphatic heterocycles.